The summed E-state index contributed by atoms with van der Waals surface area (Å²) in [5, 5.41) is 2.56. The lowest BCUT2D eigenvalue weighted by Gasteiger charge is -2.19. The van der Waals surface area contributed by atoms with Crippen LogP contribution >= 0.6 is 0 Å². The number of hydrogen-bond donors (Lipinski definition) is 1. The molecule has 0 atom stereocenters. The topological polar surface area (TPSA) is 64.6 Å². The summed E-state index contributed by atoms with van der Waals surface area (Å²) in [6.45, 7) is 2.59. The number of rotatable bonds is 9. The fourth-order valence-corrected chi connectivity index (χ4v) is 2.40. The number of alkyl carbamates (subject to hydrolysis) is 1. The Morgan fingerprint density at radius 2 is 1.54 bits per heavy atom. The Hall–Kier alpha value is -2.82. The highest BCUT2D eigenvalue weighted by atomic mass is 16.6. The van der Waals surface area contributed by atoms with Gasteiger partial charge < -0.3 is 14.8 Å². The lowest BCUT2D eigenvalue weighted by atomic mass is 10.0. The molecule has 1 N–H and O–H groups in total. The molecule has 5 nitrogen and oxygen atoms in total. The van der Waals surface area contributed by atoms with Crippen LogP contribution < -0.4 is 5.32 Å². The summed E-state index contributed by atoms with van der Waals surface area (Å²) in [4.78, 5) is 23.7. The van der Waals surface area contributed by atoms with Crippen molar-refractivity contribution in [3.05, 3.63) is 71.8 Å². The summed E-state index contributed by atoms with van der Waals surface area (Å²) in [6.07, 6.45) is 0.889. The molecule has 0 aliphatic rings. The predicted molar refractivity (Wildman–Crippen MR) is 99.7 cm³/mol. The van der Waals surface area contributed by atoms with Gasteiger partial charge in [0, 0.05) is 6.54 Å². The van der Waals surface area contributed by atoms with Crippen molar-refractivity contribution < 1.29 is 19.1 Å². The van der Waals surface area contributed by atoms with E-state index < -0.39 is 12.2 Å². The molecule has 1 amide bonds. The molecule has 26 heavy (non-hydrogen) atoms. The zero-order chi connectivity index (χ0) is 18.6. The number of nitrogens with one attached hydrogen (secondary N) is 1. The third-order valence-electron chi connectivity index (χ3n) is 3.78. The maximum Gasteiger partial charge on any atom is 0.407 e. The highest BCUT2D eigenvalue weighted by Gasteiger charge is 2.18. The number of carbonyl (C=O) groups is 2. The summed E-state index contributed by atoms with van der Waals surface area (Å²) in [6, 6.07) is 19.2. The number of esters is 1. The summed E-state index contributed by atoms with van der Waals surface area (Å²) in [5.74, 6) is -0.378. The van der Waals surface area contributed by atoms with E-state index in [0.717, 1.165) is 24.0 Å². The first-order chi connectivity index (χ1) is 12.7. The molecule has 0 radical (unpaired) electrons. The molecule has 2 rings (SSSR count). The number of ether oxygens (including phenoxy) is 2. The van der Waals surface area contributed by atoms with Crippen molar-refractivity contribution >= 4 is 12.1 Å². The number of benzene rings is 2. The second kappa shape index (κ2) is 10.9. The Kier molecular flexibility index (Phi) is 8.19. The zero-order valence-electron chi connectivity index (χ0n) is 15.0. The second-order valence-corrected chi connectivity index (χ2v) is 5.86. The second-order valence-electron chi connectivity index (χ2n) is 5.86. The maximum atomic E-state index is 12.2. The molecular weight excluding hydrogens is 330 g/mol. The minimum Gasteiger partial charge on any atom is -0.452 e. The van der Waals surface area contributed by atoms with E-state index in [2.05, 4.69) is 5.32 Å². The lowest BCUT2D eigenvalue weighted by Crippen LogP contribution is -2.28. The van der Waals surface area contributed by atoms with Crippen molar-refractivity contribution in [1.82, 2.24) is 5.32 Å². The molecule has 0 saturated carbocycles. The SMILES string of the molecule is CCCCOC(=O)NCCC(=O)OC(c1ccccc1)c1ccccc1. The summed E-state index contributed by atoms with van der Waals surface area (Å²) < 4.78 is 10.7. The molecule has 0 heterocycles. The summed E-state index contributed by atoms with van der Waals surface area (Å²) in [5.41, 5.74) is 1.80. The molecule has 0 unspecified atom stereocenters. The highest BCUT2D eigenvalue weighted by Crippen LogP contribution is 2.26. The molecule has 0 aliphatic heterocycles. The van der Waals surface area contributed by atoms with Gasteiger partial charge in [0.05, 0.1) is 13.0 Å². The van der Waals surface area contributed by atoms with Gasteiger partial charge >= 0.3 is 12.1 Å². The first-order valence-corrected chi connectivity index (χ1v) is 8.90. The molecule has 0 fully saturated rings. The van der Waals surface area contributed by atoms with Crippen LogP contribution in [0.1, 0.15) is 43.4 Å². The van der Waals surface area contributed by atoms with E-state index in [4.69, 9.17) is 9.47 Å². The third-order valence-corrected chi connectivity index (χ3v) is 3.78. The molecule has 0 aliphatic carbocycles. The van der Waals surface area contributed by atoms with Crippen LogP contribution in [0.15, 0.2) is 60.7 Å². The minimum absolute atomic E-state index is 0.0824. The Balaban J connectivity index is 1.88. The fourth-order valence-electron chi connectivity index (χ4n) is 2.40. The average molecular weight is 355 g/mol. The van der Waals surface area contributed by atoms with Crippen molar-refractivity contribution in [1.29, 1.82) is 0 Å². The first kappa shape index (κ1) is 19.5. The monoisotopic (exact) mass is 355 g/mol. The van der Waals surface area contributed by atoms with E-state index in [1.54, 1.807) is 0 Å². The van der Waals surface area contributed by atoms with Gasteiger partial charge in [-0.3, -0.25) is 4.79 Å². The van der Waals surface area contributed by atoms with Crippen LogP contribution in [0.2, 0.25) is 0 Å². The van der Waals surface area contributed by atoms with Gasteiger partial charge in [-0.15, -0.1) is 0 Å². The highest BCUT2D eigenvalue weighted by molar-refractivity contribution is 5.72. The van der Waals surface area contributed by atoms with Crippen LogP contribution in [0.25, 0.3) is 0 Å². The molecule has 2 aromatic carbocycles. The van der Waals surface area contributed by atoms with Crippen LogP contribution in [-0.2, 0) is 14.3 Å². The number of unbranched alkanes of at least 4 members (excludes halogenated alkanes) is 1. The van der Waals surface area contributed by atoms with Crippen LogP contribution in [0, 0.1) is 0 Å². The smallest absolute Gasteiger partial charge is 0.407 e. The van der Waals surface area contributed by atoms with E-state index >= 15 is 0 Å². The van der Waals surface area contributed by atoms with Gasteiger partial charge in [-0.05, 0) is 17.5 Å². The standard InChI is InChI=1S/C21H25NO4/c1-2-3-16-25-21(24)22-15-14-19(23)26-20(17-10-6-4-7-11-17)18-12-8-5-9-13-18/h4-13,20H,2-3,14-16H2,1H3,(H,22,24). The quantitative estimate of drug-likeness (QED) is 0.540. The summed E-state index contributed by atoms with van der Waals surface area (Å²) in [7, 11) is 0. The van der Waals surface area contributed by atoms with Crippen LogP contribution in [0.4, 0.5) is 4.79 Å². The lowest BCUT2D eigenvalue weighted by molar-refractivity contribution is -0.147. The molecule has 0 saturated heterocycles. The Labute approximate surface area is 154 Å². The number of carbonyl (C=O) groups excluding carboxylic acids is 2. The van der Waals surface area contributed by atoms with Gasteiger partial charge in [0.15, 0.2) is 6.10 Å². The van der Waals surface area contributed by atoms with Crippen molar-refractivity contribution in [3.8, 4) is 0 Å². The largest absolute Gasteiger partial charge is 0.452 e. The molecule has 0 aromatic heterocycles. The van der Waals surface area contributed by atoms with Gasteiger partial charge in [0.25, 0.3) is 0 Å². The molecule has 2 aromatic rings. The van der Waals surface area contributed by atoms with Crippen molar-refractivity contribution in [3.63, 3.8) is 0 Å². The predicted octanol–water partition coefficient (Wildman–Crippen LogP) is 4.24. The van der Waals surface area contributed by atoms with E-state index in [1.807, 2.05) is 67.6 Å². The third kappa shape index (κ3) is 6.59. The molecular formula is C21H25NO4. The Morgan fingerprint density at radius 1 is 0.962 bits per heavy atom. The Bertz CT molecular complexity index is 633. The molecule has 0 spiro atoms. The number of amides is 1. The fraction of sp³-hybridized carbons (Fsp3) is 0.333. The zero-order valence-corrected chi connectivity index (χ0v) is 15.0. The number of hydrogen-bond acceptors (Lipinski definition) is 4. The van der Waals surface area contributed by atoms with Gasteiger partial charge in [-0.2, -0.15) is 0 Å². The van der Waals surface area contributed by atoms with Crippen LogP contribution in [-0.4, -0.2) is 25.2 Å². The first-order valence-electron chi connectivity index (χ1n) is 8.90. The minimum atomic E-state index is -0.506. The maximum absolute atomic E-state index is 12.2. The normalized spacial score (nSPS) is 10.4. The molecule has 0 bridgehead atoms. The average Bonchev–Trinajstić information content (AvgIpc) is 2.68. The molecule has 5 heteroatoms. The van der Waals surface area contributed by atoms with Crippen LogP contribution in [0.5, 0.6) is 0 Å². The van der Waals surface area contributed by atoms with Crippen molar-refractivity contribution in [2.75, 3.05) is 13.2 Å². The van der Waals surface area contributed by atoms with E-state index in [9.17, 15) is 9.59 Å². The van der Waals surface area contributed by atoms with E-state index in [1.165, 1.54) is 0 Å². The van der Waals surface area contributed by atoms with E-state index in [-0.39, 0.29) is 18.9 Å². The summed E-state index contributed by atoms with van der Waals surface area (Å²) >= 11 is 0. The van der Waals surface area contributed by atoms with Gasteiger partial charge in [0.1, 0.15) is 0 Å². The molecule has 138 valence electrons. The van der Waals surface area contributed by atoms with Gasteiger partial charge in [0.2, 0.25) is 0 Å². The van der Waals surface area contributed by atoms with Crippen molar-refractivity contribution in [2.24, 2.45) is 0 Å². The van der Waals surface area contributed by atoms with Crippen molar-refractivity contribution in [2.45, 2.75) is 32.3 Å². The van der Waals surface area contributed by atoms with E-state index in [0.29, 0.717) is 6.61 Å². The Morgan fingerprint density at radius 3 is 2.08 bits per heavy atom. The van der Waals surface area contributed by atoms with Crippen LogP contribution in [0.3, 0.4) is 0 Å². The van der Waals surface area contributed by atoms with Gasteiger partial charge in [-0.25, -0.2) is 4.79 Å². The van der Waals surface area contributed by atoms with Gasteiger partial charge in [-0.1, -0.05) is 74.0 Å².